The molecule has 2 aliphatic carbocycles. The van der Waals surface area contributed by atoms with Crippen molar-refractivity contribution in [2.24, 2.45) is 29.6 Å². The van der Waals surface area contributed by atoms with Crippen LogP contribution in [0.15, 0.2) is 12.2 Å². The SMILES string of the molecule is C=C(C)C1C(CCC)CC2C(C)C21. The lowest BCUT2D eigenvalue weighted by molar-refractivity contribution is 0.333. The van der Waals surface area contributed by atoms with Gasteiger partial charge in [0.25, 0.3) is 0 Å². The van der Waals surface area contributed by atoms with Crippen LogP contribution in [0.1, 0.15) is 40.0 Å². The summed E-state index contributed by atoms with van der Waals surface area (Å²) in [6.07, 6.45) is 4.27. The van der Waals surface area contributed by atoms with Crippen molar-refractivity contribution in [1.29, 1.82) is 0 Å². The normalized spacial score (nSPS) is 47.5. The Labute approximate surface area is 82.4 Å². The first kappa shape index (κ1) is 9.30. The fourth-order valence-electron chi connectivity index (χ4n) is 3.75. The van der Waals surface area contributed by atoms with E-state index in [0.29, 0.717) is 0 Å². The van der Waals surface area contributed by atoms with E-state index in [1.165, 1.54) is 24.8 Å². The van der Waals surface area contributed by atoms with E-state index in [0.717, 1.165) is 29.6 Å². The number of rotatable bonds is 3. The minimum absolute atomic E-state index is 0.875. The van der Waals surface area contributed by atoms with E-state index in [9.17, 15) is 0 Å². The summed E-state index contributed by atoms with van der Waals surface area (Å²) in [5.41, 5.74) is 1.45. The maximum absolute atomic E-state index is 4.18. The molecule has 2 aliphatic rings. The van der Waals surface area contributed by atoms with Crippen LogP contribution < -0.4 is 0 Å². The summed E-state index contributed by atoms with van der Waals surface area (Å²) in [5, 5.41) is 0. The van der Waals surface area contributed by atoms with Crippen molar-refractivity contribution >= 4 is 0 Å². The van der Waals surface area contributed by atoms with Crippen LogP contribution in [0.2, 0.25) is 0 Å². The Morgan fingerprint density at radius 2 is 2.15 bits per heavy atom. The summed E-state index contributed by atoms with van der Waals surface area (Å²) in [5.74, 6) is 4.95. The Balaban J connectivity index is 2.04. The summed E-state index contributed by atoms with van der Waals surface area (Å²) in [7, 11) is 0. The third kappa shape index (κ3) is 1.35. The molecular formula is C13H22. The molecule has 0 aromatic carbocycles. The molecular weight excluding hydrogens is 156 g/mol. The smallest absolute Gasteiger partial charge is 0.0146 e. The van der Waals surface area contributed by atoms with Crippen molar-refractivity contribution < 1.29 is 0 Å². The van der Waals surface area contributed by atoms with Crippen molar-refractivity contribution in [3.63, 3.8) is 0 Å². The van der Waals surface area contributed by atoms with Gasteiger partial charge in [0, 0.05) is 0 Å². The molecule has 0 aromatic heterocycles. The molecule has 0 aliphatic heterocycles. The minimum atomic E-state index is 0.875. The number of hydrogen-bond donors (Lipinski definition) is 0. The Kier molecular flexibility index (Phi) is 2.25. The van der Waals surface area contributed by atoms with Crippen LogP contribution in [-0.4, -0.2) is 0 Å². The van der Waals surface area contributed by atoms with Gasteiger partial charge in [-0.3, -0.25) is 0 Å². The lowest BCUT2D eigenvalue weighted by Gasteiger charge is -2.23. The van der Waals surface area contributed by atoms with Crippen molar-refractivity contribution in [2.45, 2.75) is 40.0 Å². The highest BCUT2D eigenvalue weighted by Gasteiger charge is 2.58. The summed E-state index contributed by atoms with van der Waals surface area (Å²) in [6.45, 7) is 11.2. The van der Waals surface area contributed by atoms with Crippen molar-refractivity contribution in [3.05, 3.63) is 12.2 Å². The molecule has 0 amide bonds. The Morgan fingerprint density at radius 1 is 1.46 bits per heavy atom. The Hall–Kier alpha value is -0.260. The summed E-state index contributed by atoms with van der Waals surface area (Å²) in [4.78, 5) is 0. The molecule has 2 fully saturated rings. The molecule has 0 N–H and O–H groups in total. The molecule has 0 heteroatoms. The number of fused-ring (bicyclic) bond motifs is 1. The van der Waals surface area contributed by atoms with Gasteiger partial charge in [-0.05, 0) is 42.9 Å². The van der Waals surface area contributed by atoms with Crippen LogP contribution in [0.4, 0.5) is 0 Å². The van der Waals surface area contributed by atoms with Crippen molar-refractivity contribution in [2.75, 3.05) is 0 Å². The van der Waals surface area contributed by atoms with Gasteiger partial charge in [-0.1, -0.05) is 38.8 Å². The fraction of sp³-hybridized carbons (Fsp3) is 0.846. The van der Waals surface area contributed by atoms with Crippen molar-refractivity contribution in [1.82, 2.24) is 0 Å². The lowest BCUT2D eigenvalue weighted by Crippen LogP contribution is -2.14. The van der Waals surface area contributed by atoms with Crippen LogP contribution in [0.3, 0.4) is 0 Å². The molecule has 0 heterocycles. The van der Waals surface area contributed by atoms with E-state index in [1.54, 1.807) is 0 Å². The molecule has 74 valence electrons. The van der Waals surface area contributed by atoms with Gasteiger partial charge >= 0.3 is 0 Å². The maximum atomic E-state index is 4.18. The fourth-order valence-corrected chi connectivity index (χ4v) is 3.75. The van der Waals surface area contributed by atoms with E-state index >= 15 is 0 Å². The van der Waals surface area contributed by atoms with E-state index in [4.69, 9.17) is 0 Å². The third-order valence-electron chi connectivity index (χ3n) is 4.36. The highest BCUT2D eigenvalue weighted by molar-refractivity contribution is 5.16. The summed E-state index contributed by atoms with van der Waals surface area (Å²) in [6, 6.07) is 0. The van der Waals surface area contributed by atoms with Crippen LogP contribution >= 0.6 is 0 Å². The monoisotopic (exact) mass is 178 g/mol. The molecule has 0 aromatic rings. The van der Waals surface area contributed by atoms with E-state index in [2.05, 4.69) is 27.4 Å². The average molecular weight is 178 g/mol. The lowest BCUT2D eigenvalue weighted by atomic mass is 9.82. The first-order valence-electron chi connectivity index (χ1n) is 5.82. The van der Waals surface area contributed by atoms with Crippen LogP contribution in [0, 0.1) is 29.6 Å². The molecule has 0 nitrogen and oxygen atoms in total. The standard InChI is InChI=1S/C13H22/c1-5-6-10-7-11-9(4)13(11)12(10)8(2)3/h9-13H,2,5-7H2,1,3-4H3. The Morgan fingerprint density at radius 3 is 2.69 bits per heavy atom. The molecule has 0 saturated heterocycles. The molecule has 0 bridgehead atoms. The largest absolute Gasteiger partial charge is 0.0998 e. The third-order valence-corrected chi connectivity index (χ3v) is 4.36. The second kappa shape index (κ2) is 3.15. The zero-order valence-electron chi connectivity index (χ0n) is 9.22. The highest BCUT2D eigenvalue weighted by Crippen LogP contribution is 2.64. The van der Waals surface area contributed by atoms with Gasteiger partial charge in [-0.2, -0.15) is 0 Å². The van der Waals surface area contributed by atoms with E-state index in [-0.39, 0.29) is 0 Å². The van der Waals surface area contributed by atoms with Gasteiger partial charge in [0.15, 0.2) is 0 Å². The van der Waals surface area contributed by atoms with Crippen LogP contribution in [0.25, 0.3) is 0 Å². The van der Waals surface area contributed by atoms with Crippen LogP contribution in [-0.2, 0) is 0 Å². The molecule has 5 atom stereocenters. The number of allylic oxidation sites excluding steroid dienone is 1. The summed E-state index contributed by atoms with van der Waals surface area (Å²) >= 11 is 0. The van der Waals surface area contributed by atoms with Gasteiger partial charge < -0.3 is 0 Å². The first-order valence-corrected chi connectivity index (χ1v) is 5.82. The minimum Gasteiger partial charge on any atom is -0.0998 e. The number of hydrogen-bond acceptors (Lipinski definition) is 0. The second-order valence-electron chi connectivity index (χ2n) is 5.26. The van der Waals surface area contributed by atoms with Gasteiger partial charge in [0.1, 0.15) is 0 Å². The molecule has 5 unspecified atom stereocenters. The van der Waals surface area contributed by atoms with E-state index < -0.39 is 0 Å². The van der Waals surface area contributed by atoms with Gasteiger partial charge in [-0.25, -0.2) is 0 Å². The van der Waals surface area contributed by atoms with Crippen LogP contribution in [0.5, 0.6) is 0 Å². The highest BCUT2D eigenvalue weighted by atomic mass is 14.6. The van der Waals surface area contributed by atoms with Gasteiger partial charge in [-0.15, -0.1) is 0 Å². The molecule has 13 heavy (non-hydrogen) atoms. The molecule has 0 radical (unpaired) electrons. The first-order chi connectivity index (χ1) is 6.16. The predicted octanol–water partition coefficient (Wildman–Crippen LogP) is 3.88. The zero-order valence-corrected chi connectivity index (χ0v) is 9.22. The molecule has 2 rings (SSSR count). The second-order valence-corrected chi connectivity index (χ2v) is 5.26. The maximum Gasteiger partial charge on any atom is -0.0146 e. The van der Waals surface area contributed by atoms with Gasteiger partial charge in [0.05, 0.1) is 0 Å². The average Bonchev–Trinajstić information content (AvgIpc) is 2.58. The summed E-state index contributed by atoms with van der Waals surface area (Å²) < 4.78 is 0. The van der Waals surface area contributed by atoms with E-state index in [1.807, 2.05) is 0 Å². The van der Waals surface area contributed by atoms with Gasteiger partial charge in [0.2, 0.25) is 0 Å². The predicted molar refractivity (Wildman–Crippen MR) is 57.5 cm³/mol. The topological polar surface area (TPSA) is 0 Å². The van der Waals surface area contributed by atoms with Crippen molar-refractivity contribution in [3.8, 4) is 0 Å². The zero-order chi connectivity index (χ0) is 9.59. The molecule has 2 saturated carbocycles. The molecule has 0 spiro atoms. The Bertz CT molecular complexity index is 216. The quantitative estimate of drug-likeness (QED) is 0.575.